The van der Waals surface area contributed by atoms with Gasteiger partial charge in [0.05, 0.1) is 85.7 Å². The molecule has 1 saturated heterocycles. The number of hydrogen-bond acceptors (Lipinski definition) is 15. The van der Waals surface area contributed by atoms with Gasteiger partial charge in [0.25, 0.3) is 17.7 Å². The van der Waals surface area contributed by atoms with Crippen LogP contribution < -0.4 is 20.0 Å². The Hall–Kier alpha value is -11.0. The largest absolute Gasteiger partial charge is 0.405 e. The third-order valence-corrected chi connectivity index (χ3v) is 17.0. The SMILES string of the molecule is Cc1ncc(-c2ccc3c(c2)N(c2cncc(C(=O)N(C)C)c2)C(=O)C3(C)C)cn1.Cc1ncc(-c2ccc3c(c2)N(c2cncc(C(=O)N4CCC4)c2)C(=O)C3(C)C)cn1.Cc1ncc(-c2ccc3c(c2)N(c2cncc(C(=O)NCC(F)(F)F)c2)C(=O)C3(C)C)cn1. The van der Waals surface area contributed by atoms with Gasteiger partial charge < -0.3 is 15.1 Å². The molecule has 4 aliphatic heterocycles. The zero-order valence-electron chi connectivity index (χ0n) is 53.5. The number of likely N-dealkylation sites (tertiary alicyclic amines) is 1. The highest BCUT2D eigenvalue weighted by molar-refractivity contribution is 6.15. The summed E-state index contributed by atoms with van der Waals surface area (Å²) in [5.41, 5.74) is 10.0. The van der Waals surface area contributed by atoms with Gasteiger partial charge in [-0.1, -0.05) is 36.4 Å². The molecule has 21 nitrogen and oxygen atoms in total. The number of fused-ring (bicyclic) bond motifs is 3. The topological polar surface area (TPSA) is 247 Å². The van der Waals surface area contributed by atoms with Crippen molar-refractivity contribution in [1.29, 1.82) is 0 Å². The maximum Gasteiger partial charge on any atom is 0.405 e. The van der Waals surface area contributed by atoms with Crippen molar-refractivity contribution in [3.8, 4) is 33.4 Å². The van der Waals surface area contributed by atoms with Gasteiger partial charge in [0, 0.05) is 99.6 Å². The molecular formula is C70H66F3N15O6. The minimum absolute atomic E-state index is 0.0442. The van der Waals surface area contributed by atoms with Crippen molar-refractivity contribution in [2.75, 3.05) is 48.4 Å². The Balaban J connectivity index is 0.000000144. The lowest BCUT2D eigenvalue weighted by Gasteiger charge is -2.31. The molecule has 478 valence electrons. The predicted molar refractivity (Wildman–Crippen MR) is 347 cm³/mol. The monoisotopic (exact) mass is 1270 g/mol. The summed E-state index contributed by atoms with van der Waals surface area (Å²) in [6.07, 6.45) is 15.8. The minimum Gasteiger partial charge on any atom is -0.345 e. The number of aromatic nitrogens is 9. The second-order valence-electron chi connectivity index (χ2n) is 25.0. The summed E-state index contributed by atoms with van der Waals surface area (Å²) in [6.45, 7) is 16.8. The van der Waals surface area contributed by atoms with Gasteiger partial charge in [-0.25, -0.2) is 29.9 Å². The highest BCUT2D eigenvalue weighted by Gasteiger charge is 2.48. The van der Waals surface area contributed by atoms with Crippen molar-refractivity contribution in [1.82, 2.24) is 60.0 Å². The van der Waals surface area contributed by atoms with Crippen molar-refractivity contribution in [2.24, 2.45) is 0 Å². The summed E-state index contributed by atoms with van der Waals surface area (Å²) in [5.74, 6) is 0.538. The summed E-state index contributed by atoms with van der Waals surface area (Å²) >= 11 is 0. The van der Waals surface area contributed by atoms with Crippen LogP contribution in [0, 0.1) is 20.8 Å². The highest BCUT2D eigenvalue weighted by atomic mass is 19.4. The van der Waals surface area contributed by atoms with Crippen molar-refractivity contribution in [3.63, 3.8) is 0 Å². The van der Waals surface area contributed by atoms with Gasteiger partial charge in [0.2, 0.25) is 17.7 Å². The van der Waals surface area contributed by atoms with Crippen LogP contribution in [0.15, 0.2) is 147 Å². The minimum atomic E-state index is -4.54. The lowest BCUT2D eigenvalue weighted by atomic mass is 9.85. The molecule has 0 spiro atoms. The molecule has 1 N–H and O–H groups in total. The number of alkyl halides is 3. The van der Waals surface area contributed by atoms with E-state index < -0.39 is 34.9 Å². The van der Waals surface area contributed by atoms with Crippen LogP contribution in [0.5, 0.6) is 0 Å². The molecule has 0 aliphatic carbocycles. The summed E-state index contributed by atoms with van der Waals surface area (Å²) in [5, 5.41) is 1.82. The number of carbonyl (C=O) groups is 6. The van der Waals surface area contributed by atoms with E-state index in [2.05, 4.69) is 44.9 Å². The van der Waals surface area contributed by atoms with Crippen LogP contribution in [-0.2, 0) is 30.6 Å². The molecule has 0 radical (unpaired) electrons. The number of nitrogens with one attached hydrogen (secondary N) is 1. The predicted octanol–water partition coefficient (Wildman–Crippen LogP) is 11.2. The first-order chi connectivity index (χ1) is 44.5. The number of anilines is 6. The first-order valence-corrected chi connectivity index (χ1v) is 30.1. The van der Waals surface area contributed by atoms with E-state index in [1.165, 1.54) is 28.3 Å². The molecule has 13 rings (SSSR count). The Morgan fingerprint density at radius 1 is 0.468 bits per heavy atom. The lowest BCUT2D eigenvalue weighted by Crippen LogP contribution is -2.42. The Kier molecular flexibility index (Phi) is 17.1. The van der Waals surface area contributed by atoms with E-state index >= 15 is 0 Å². The molecule has 0 bridgehead atoms. The summed E-state index contributed by atoms with van der Waals surface area (Å²) in [4.78, 5) is 123. The number of pyridine rings is 3. The van der Waals surface area contributed by atoms with Crippen LogP contribution in [0.4, 0.5) is 47.3 Å². The fourth-order valence-corrected chi connectivity index (χ4v) is 11.4. The Bertz CT molecular complexity index is 4500. The van der Waals surface area contributed by atoms with Crippen molar-refractivity contribution in [2.45, 2.75) is 91.2 Å². The molecule has 24 heteroatoms. The highest BCUT2D eigenvalue weighted by Crippen LogP contribution is 2.50. The number of hydrogen-bond donors (Lipinski definition) is 1. The molecule has 4 aliphatic rings. The van der Waals surface area contributed by atoms with Crippen molar-refractivity contribution >= 4 is 69.6 Å². The van der Waals surface area contributed by atoms with Crippen LogP contribution in [0.2, 0.25) is 0 Å². The average molecular weight is 1270 g/mol. The number of aryl methyl sites for hydroxylation is 3. The molecule has 6 aromatic heterocycles. The van der Waals surface area contributed by atoms with Crippen molar-refractivity contribution in [3.05, 3.63) is 198 Å². The van der Waals surface area contributed by atoms with E-state index in [0.29, 0.717) is 45.7 Å². The fourth-order valence-electron chi connectivity index (χ4n) is 11.4. The van der Waals surface area contributed by atoms with Gasteiger partial charge in [-0.15, -0.1) is 0 Å². The molecular weight excluding hydrogens is 1200 g/mol. The summed E-state index contributed by atoms with van der Waals surface area (Å²) in [6, 6.07) is 22.3. The summed E-state index contributed by atoms with van der Waals surface area (Å²) in [7, 11) is 3.37. The van der Waals surface area contributed by atoms with Crippen LogP contribution >= 0.6 is 0 Å². The molecule has 1 fully saturated rings. The van der Waals surface area contributed by atoms with Crippen LogP contribution in [0.1, 0.15) is 113 Å². The van der Waals surface area contributed by atoms with Crippen LogP contribution in [0.3, 0.4) is 0 Å². The quantitative estimate of drug-likeness (QED) is 0.134. The maximum atomic E-state index is 13.4. The Morgan fingerprint density at radius 3 is 1.13 bits per heavy atom. The number of carbonyl (C=O) groups excluding carboxylic acids is 6. The Morgan fingerprint density at radius 2 is 0.798 bits per heavy atom. The molecule has 3 aromatic carbocycles. The number of amides is 6. The van der Waals surface area contributed by atoms with E-state index in [1.807, 2.05) is 101 Å². The smallest absolute Gasteiger partial charge is 0.345 e. The zero-order chi connectivity index (χ0) is 67.3. The molecule has 0 atom stereocenters. The van der Waals surface area contributed by atoms with Gasteiger partial charge in [-0.3, -0.25) is 58.4 Å². The van der Waals surface area contributed by atoms with Gasteiger partial charge >= 0.3 is 6.18 Å². The molecule has 0 unspecified atom stereocenters. The maximum absolute atomic E-state index is 13.4. The number of nitrogens with zero attached hydrogens (tertiary/aromatic N) is 14. The van der Waals surface area contributed by atoms with Crippen LogP contribution in [-0.4, -0.2) is 130 Å². The van der Waals surface area contributed by atoms with Gasteiger partial charge in [0.1, 0.15) is 24.0 Å². The lowest BCUT2D eigenvalue weighted by molar-refractivity contribution is -0.123. The van der Waals surface area contributed by atoms with Gasteiger partial charge in [-0.05, 0) is 139 Å². The number of benzene rings is 3. The second kappa shape index (κ2) is 24.9. The Labute approximate surface area is 540 Å². The van der Waals surface area contributed by atoms with E-state index in [4.69, 9.17) is 0 Å². The zero-order valence-corrected chi connectivity index (χ0v) is 53.5. The average Bonchev–Trinajstić information content (AvgIpc) is 1.60. The van der Waals surface area contributed by atoms with Gasteiger partial charge in [-0.2, -0.15) is 13.2 Å². The van der Waals surface area contributed by atoms with E-state index in [-0.39, 0.29) is 40.8 Å². The third kappa shape index (κ3) is 12.4. The molecule has 6 amide bonds. The third-order valence-electron chi connectivity index (χ3n) is 17.0. The van der Waals surface area contributed by atoms with Crippen molar-refractivity contribution < 1.29 is 41.9 Å². The summed E-state index contributed by atoms with van der Waals surface area (Å²) < 4.78 is 37.4. The normalized spacial score (nSPS) is 15.4. The van der Waals surface area contributed by atoms with E-state index in [9.17, 15) is 41.9 Å². The van der Waals surface area contributed by atoms with E-state index in [1.54, 1.807) is 117 Å². The van der Waals surface area contributed by atoms with E-state index in [0.717, 1.165) is 87.2 Å². The molecule has 10 heterocycles. The first kappa shape index (κ1) is 64.5. The standard InChI is InChI=1S/C24H23N5O2.C23H20F3N5O2.C23H23N5O2/c1-15-26-12-18(13-27-15)16-5-6-20-21(10-16)29(23(31)24(20,2)3)19-9-17(11-25-14-19)22(30)28-7-4-8-28;1-13-28-9-16(10-29-13)14-4-5-18-19(7-14)31(21(33)22(18,2)3)17-6-15(8-27-11-17)20(32)30-12-23(24,25)26;1-14-25-11-17(12-26-14)15-6-7-19-20(9-15)28(22(30)23(19,2)3)18-8-16(10-24-13-18)21(29)27(4)5/h5-6,9-14H,4,7-8H2,1-3H3;4-11H,12H2,1-3H3,(H,30,32);6-13H,1-5H3. The molecule has 94 heavy (non-hydrogen) atoms. The molecule has 0 saturated carbocycles. The van der Waals surface area contributed by atoms with Gasteiger partial charge in [0.15, 0.2) is 0 Å². The fraction of sp³-hybridized carbons (Fsp3) is 0.271. The second-order valence-corrected chi connectivity index (χ2v) is 25.0. The molecule has 9 aromatic rings. The first-order valence-electron chi connectivity index (χ1n) is 30.1. The van der Waals surface area contributed by atoms with Crippen LogP contribution in [0.25, 0.3) is 33.4 Å². The number of rotatable bonds is 10. The number of halogens is 3.